The van der Waals surface area contributed by atoms with Crippen LogP contribution in [0.15, 0.2) is 12.1 Å². The van der Waals surface area contributed by atoms with E-state index >= 15 is 0 Å². The third-order valence-corrected chi connectivity index (χ3v) is 5.29. The lowest BCUT2D eigenvalue weighted by Gasteiger charge is -2.19. The Hall–Kier alpha value is -1.35. The highest BCUT2D eigenvalue weighted by atomic mass is 35.5. The fourth-order valence-electron chi connectivity index (χ4n) is 2.94. The lowest BCUT2D eigenvalue weighted by Crippen LogP contribution is -2.34. The normalized spacial score (nSPS) is 25.6. The van der Waals surface area contributed by atoms with Crippen LogP contribution in [0.25, 0.3) is 10.9 Å². The molecule has 0 bridgehead atoms. The summed E-state index contributed by atoms with van der Waals surface area (Å²) in [4.78, 5) is 22.4. The largest absolute Gasteiger partial charge is 0.463 e. The SMILES string of the molecule is CC(=O)OC[C@H]1OC(n2c(Cl)c(C=O)c3cc(Cl)c(Cl)cc32)[C@H](O)[C@@H]1O. The summed E-state index contributed by atoms with van der Waals surface area (Å²) in [7, 11) is 0. The molecule has 2 aromatic rings. The van der Waals surface area contributed by atoms with Gasteiger partial charge in [0.25, 0.3) is 0 Å². The minimum Gasteiger partial charge on any atom is -0.463 e. The number of hydrogen-bond acceptors (Lipinski definition) is 6. The van der Waals surface area contributed by atoms with Gasteiger partial charge < -0.3 is 24.3 Å². The van der Waals surface area contributed by atoms with Gasteiger partial charge in [0.2, 0.25) is 0 Å². The van der Waals surface area contributed by atoms with E-state index in [1.165, 1.54) is 23.6 Å². The topological polar surface area (TPSA) is 98.0 Å². The second-order valence-electron chi connectivity index (χ2n) is 5.82. The number of esters is 1. The Bertz CT molecular complexity index is 883. The van der Waals surface area contributed by atoms with E-state index < -0.39 is 30.5 Å². The third-order valence-electron chi connectivity index (χ3n) is 4.18. The highest BCUT2D eigenvalue weighted by Gasteiger charge is 2.45. The summed E-state index contributed by atoms with van der Waals surface area (Å²) in [6.07, 6.45) is -4.23. The van der Waals surface area contributed by atoms with Crippen molar-refractivity contribution in [1.82, 2.24) is 4.57 Å². The minimum absolute atomic E-state index is 0.00211. The van der Waals surface area contributed by atoms with E-state index in [0.717, 1.165) is 0 Å². The Morgan fingerprint density at radius 2 is 1.92 bits per heavy atom. The Labute approximate surface area is 162 Å². The molecule has 10 heteroatoms. The molecule has 1 aromatic carbocycles. The highest BCUT2D eigenvalue weighted by Crippen LogP contribution is 2.40. The van der Waals surface area contributed by atoms with Gasteiger partial charge in [-0.1, -0.05) is 34.8 Å². The van der Waals surface area contributed by atoms with Crippen LogP contribution in [0.4, 0.5) is 0 Å². The molecule has 1 aliphatic heterocycles. The van der Waals surface area contributed by atoms with Gasteiger partial charge in [0.05, 0.1) is 21.1 Å². The van der Waals surface area contributed by atoms with Crippen LogP contribution in [0.5, 0.6) is 0 Å². The summed E-state index contributed by atoms with van der Waals surface area (Å²) in [5, 5.41) is 21.5. The number of carbonyl (C=O) groups excluding carboxylic acids is 2. The number of fused-ring (bicyclic) bond motifs is 1. The number of rotatable bonds is 4. The van der Waals surface area contributed by atoms with Gasteiger partial charge >= 0.3 is 5.97 Å². The van der Waals surface area contributed by atoms with Crippen LogP contribution in [0, 0.1) is 0 Å². The van der Waals surface area contributed by atoms with E-state index in [-0.39, 0.29) is 27.4 Å². The summed E-state index contributed by atoms with van der Waals surface area (Å²) in [6.45, 7) is 0.974. The van der Waals surface area contributed by atoms with Crippen molar-refractivity contribution in [3.8, 4) is 0 Å². The molecule has 3 rings (SSSR count). The van der Waals surface area contributed by atoms with Gasteiger partial charge in [-0.3, -0.25) is 9.59 Å². The van der Waals surface area contributed by atoms with Crippen molar-refractivity contribution in [1.29, 1.82) is 0 Å². The summed E-state index contributed by atoms with van der Waals surface area (Å²) < 4.78 is 11.8. The van der Waals surface area contributed by atoms with Crippen LogP contribution in [0.1, 0.15) is 23.5 Å². The first-order valence-electron chi connectivity index (χ1n) is 7.54. The minimum atomic E-state index is -1.38. The second-order valence-corrected chi connectivity index (χ2v) is 7.00. The maximum absolute atomic E-state index is 11.5. The molecule has 2 N–H and O–H groups in total. The molecule has 7 nitrogen and oxygen atoms in total. The fraction of sp³-hybridized carbons (Fsp3) is 0.375. The number of aromatic nitrogens is 1. The third kappa shape index (κ3) is 3.19. The molecule has 1 saturated heterocycles. The zero-order valence-corrected chi connectivity index (χ0v) is 15.6. The Morgan fingerprint density at radius 1 is 1.27 bits per heavy atom. The Balaban J connectivity index is 2.07. The van der Waals surface area contributed by atoms with Gasteiger partial charge in [0.1, 0.15) is 30.1 Å². The predicted molar refractivity (Wildman–Crippen MR) is 94.9 cm³/mol. The standard InChI is InChI=1S/C16H14Cl3NO6/c1-6(22)25-5-12-13(23)14(24)16(26-12)20-11-3-10(18)9(17)2-7(11)8(4-21)15(20)19/h2-4,12-14,16,23-24H,5H2,1H3/t12-,13-,14-,16?/m1/s1. The molecule has 1 aromatic heterocycles. The molecule has 0 spiro atoms. The maximum atomic E-state index is 11.5. The summed E-state index contributed by atoms with van der Waals surface area (Å²) in [5.74, 6) is -0.548. The van der Waals surface area contributed by atoms with E-state index in [0.29, 0.717) is 17.2 Å². The Kier molecular flexibility index (Phi) is 5.48. The quantitative estimate of drug-likeness (QED) is 0.580. The van der Waals surface area contributed by atoms with Crippen molar-refractivity contribution >= 4 is 58.0 Å². The number of aliphatic hydroxyl groups excluding tert-OH is 2. The lowest BCUT2D eigenvalue weighted by atomic mass is 10.1. The number of carbonyl (C=O) groups is 2. The zero-order chi connectivity index (χ0) is 19.2. The van der Waals surface area contributed by atoms with Crippen molar-refractivity contribution in [2.75, 3.05) is 6.61 Å². The summed E-state index contributed by atoms with van der Waals surface area (Å²) in [6, 6.07) is 2.97. The van der Waals surface area contributed by atoms with E-state index in [4.69, 9.17) is 44.3 Å². The first kappa shape index (κ1) is 19.4. The predicted octanol–water partition coefficient (Wildman–Crippen LogP) is 2.60. The van der Waals surface area contributed by atoms with Crippen molar-refractivity contribution in [3.05, 3.63) is 32.9 Å². The average Bonchev–Trinajstić information content (AvgIpc) is 3.00. The van der Waals surface area contributed by atoms with Crippen LogP contribution in [0.3, 0.4) is 0 Å². The van der Waals surface area contributed by atoms with Crippen molar-refractivity contribution in [2.45, 2.75) is 31.5 Å². The molecule has 140 valence electrons. The average molecular weight is 423 g/mol. The van der Waals surface area contributed by atoms with Crippen molar-refractivity contribution in [2.24, 2.45) is 0 Å². The maximum Gasteiger partial charge on any atom is 0.302 e. The van der Waals surface area contributed by atoms with Crippen molar-refractivity contribution in [3.63, 3.8) is 0 Å². The monoisotopic (exact) mass is 421 g/mol. The molecular weight excluding hydrogens is 409 g/mol. The molecule has 0 radical (unpaired) electrons. The van der Waals surface area contributed by atoms with Gasteiger partial charge in [-0.15, -0.1) is 0 Å². The van der Waals surface area contributed by atoms with Gasteiger partial charge in [-0.2, -0.15) is 0 Å². The number of ether oxygens (including phenoxy) is 2. The van der Waals surface area contributed by atoms with Gasteiger partial charge in [-0.25, -0.2) is 0 Å². The summed E-state index contributed by atoms with van der Waals surface area (Å²) in [5.41, 5.74) is 0.546. The lowest BCUT2D eigenvalue weighted by molar-refractivity contribution is -0.147. The molecule has 0 amide bonds. The smallest absolute Gasteiger partial charge is 0.302 e. The number of nitrogens with zero attached hydrogens (tertiary/aromatic N) is 1. The van der Waals surface area contributed by atoms with Gasteiger partial charge in [0, 0.05) is 12.3 Å². The first-order chi connectivity index (χ1) is 12.3. The molecule has 0 aliphatic carbocycles. The number of benzene rings is 1. The van der Waals surface area contributed by atoms with Crippen molar-refractivity contribution < 1.29 is 29.3 Å². The molecule has 1 aliphatic rings. The van der Waals surface area contributed by atoms with Crippen LogP contribution in [-0.2, 0) is 14.3 Å². The van der Waals surface area contributed by atoms with Crippen LogP contribution in [0.2, 0.25) is 15.2 Å². The van der Waals surface area contributed by atoms with Gasteiger partial charge in [0.15, 0.2) is 12.5 Å². The zero-order valence-electron chi connectivity index (χ0n) is 13.4. The highest BCUT2D eigenvalue weighted by molar-refractivity contribution is 6.43. The number of aldehydes is 1. The van der Waals surface area contributed by atoms with E-state index in [1.54, 1.807) is 0 Å². The first-order valence-corrected chi connectivity index (χ1v) is 8.68. The molecule has 26 heavy (non-hydrogen) atoms. The number of hydrogen-bond donors (Lipinski definition) is 2. The molecular formula is C16H14Cl3NO6. The molecule has 1 unspecified atom stereocenters. The van der Waals surface area contributed by atoms with Crippen LogP contribution >= 0.6 is 34.8 Å². The number of halogens is 3. The molecule has 0 saturated carbocycles. The van der Waals surface area contributed by atoms with Gasteiger partial charge in [-0.05, 0) is 12.1 Å². The number of aliphatic hydroxyl groups is 2. The second kappa shape index (κ2) is 7.34. The molecule has 2 heterocycles. The Morgan fingerprint density at radius 3 is 2.54 bits per heavy atom. The molecule has 4 atom stereocenters. The fourth-order valence-corrected chi connectivity index (χ4v) is 3.59. The van der Waals surface area contributed by atoms with Crippen LogP contribution < -0.4 is 0 Å². The van der Waals surface area contributed by atoms with E-state index in [9.17, 15) is 19.8 Å². The van der Waals surface area contributed by atoms with E-state index in [2.05, 4.69) is 0 Å². The van der Waals surface area contributed by atoms with E-state index in [1.807, 2.05) is 0 Å². The molecule has 1 fully saturated rings. The summed E-state index contributed by atoms with van der Waals surface area (Å²) >= 11 is 18.4. The van der Waals surface area contributed by atoms with Crippen LogP contribution in [-0.4, -0.2) is 52.0 Å².